The zero-order valence-electron chi connectivity index (χ0n) is 14.6. The van der Waals surface area contributed by atoms with Gasteiger partial charge in [0.05, 0.1) is 20.8 Å². The van der Waals surface area contributed by atoms with E-state index >= 15 is 0 Å². The Morgan fingerprint density at radius 2 is 1.78 bits per heavy atom. The van der Waals surface area contributed by atoms with Gasteiger partial charge in [0.2, 0.25) is 0 Å². The summed E-state index contributed by atoms with van der Waals surface area (Å²) in [6.45, 7) is 6.68. The number of rotatable bonds is 9. The molecule has 0 aliphatic rings. The molecule has 1 aromatic carbocycles. The molecule has 0 atom stereocenters. The third kappa shape index (κ3) is 8.29. The maximum absolute atomic E-state index is 5.32. The van der Waals surface area contributed by atoms with E-state index in [1.807, 2.05) is 18.2 Å². The molecular formula is C17H30IN3O2. The Morgan fingerprint density at radius 3 is 2.39 bits per heavy atom. The third-order valence-electron chi connectivity index (χ3n) is 3.28. The minimum Gasteiger partial charge on any atom is -0.493 e. The Morgan fingerprint density at radius 1 is 1.04 bits per heavy atom. The normalized spacial score (nSPS) is 10.7. The van der Waals surface area contributed by atoms with Crippen LogP contribution in [0.1, 0.15) is 38.7 Å². The van der Waals surface area contributed by atoms with Gasteiger partial charge in [0.1, 0.15) is 0 Å². The van der Waals surface area contributed by atoms with Gasteiger partial charge in [-0.2, -0.15) is 0 Å². The van der Waals surface area contributed by atoms with Crippen LogP contribution in [0.25, 0.3) is 0 Å². The second-order valence-corrected chi connectivity index (χ2v) is 5.02. The van der Waals surface area contributed by atoms with E-state index < -0.39 is 0 Å². The van der Waals surface area contributed by atoms with Gasteiger partial charge >= 0.3 is 0 Å². The molecule has 0 unspecified atom stereocenters. The fraction of sp³-hybridized carbons (Fsp3) is 0.588. The molecule has 1 aromatic rings. The molecule has 0 fully saturated rings. The molecule has 0 aromatic heterocycles. The van der Waals surface area contributed by atoms with E-state index in [1.54, 1.807) is 14.2 Å². The van der Waals surface area contributed by atoms with E-state index in [0.29, 0.717) is 6.54 Å². The van der Waals surface area contributed by atoms with E-state index in [4.69, 9.17) is 9.47 Å². The molecule has 6 heteroatoms. The number of nitrogens with zero attached hydrogens (tertiary/aromatic N) is 1. The first kappa shape index (κ1) is 21.8. The van der Waals surface area contributed by atoms with Crippen LogP contribution in [0, 0.1) is 0 Å². The molecule has 0 spiro atoms. The lowest BCUT2D eigenvalue weighted by atomic mass is 10.2. The number of hydrogen-bond donors (Lipinski definition) is 2. The average Bonchev–Trinajstić information content (AvgIpc) is 2.56. The highest BCUT2D eigenvalue weighted by atomic mass is 127. The molecule has 0 aliphatic heterocycles. The highest BCUT2D eigenvalue weighted by Crippen LogP contribution is 2.27. The van der Waals surface area contributed by atoms with Crippen LogP contribution < -0.4 is 20.1 Å². The SMILES string of the molecule is CCCCCNC(=NCc1ccc(OC)c(OC)c1)NCC.I. The second-order valence-electron chi connectivity index (χ2n) is 5.02. The number of unbranched alkanes of at least 4 members (excludes halogenated alkanes) is 2. The predicted octanol–water partition coefficient (Wildman–Crippen LogP) is 3.57. The van der Waals surface area contributed by atoms with Gasteiger partial charge in [-0.25, -0.2) is 4.99 Å². The Kier molecular flexibility index (Phi) is 12.6. The standard InChI is InChI=1S/C17H29N3O2.HI/c1-5-7-8-11-19-17(18-6-2)20-13-14-9-10-15(21-3)16(12-14)22-4;/h9-10,12H,5-8,11,13H2,1-4H3,(H2,18,19,20);1H. The van der Waals surface area contributed by atoms with Crippen LogP contribution >= 0.6 is 24.0 Å². The summed E-state index contributed by atoms with van der Waals surface area (Å²) < 4.78 is 10.6. The van der Waals surface area contributed by atoms with Crippen LogP contribution in [0.5, 0.6) is 11.5 Å². The van der Waals surface area contributed by atoms with Gasteiger partial charge in [0.25, 0.3) is 0 Å². The molecule has 0 saturated carbocycles. The quantitative estimate of drug-likeness (QED) is 0.270. The number of ether oxygens (including phenoxy) is 2. The summed E-state index contributed by atoms with van der Waals surface area (Å²) in [6, 6.07) is 5.87. The number of methoxy groups -OCH3 is 2. The van der Waals surface area contributed by atoms with Crippen LogP contribution in [-0.2, 0) is 6.54 Å². The minimum absolute atomic E-state index is 0. The first-order chi connectivity index (χ1) is 10.7. The van der Waals surface area contributed by atoms with E-state index in [2.05, 4.69) is 29.5 Å². The van der Waals surface area contributed by atoms with Crippen molar-refractivity contribution < 1.29 is 9.47 Å². The number of benzene rings is 1. The van der Waals surface area contributed by atoms with Crippen molar-refractivity contribution in [3.05, 3.63) is 23.8 Å². The van der Waals surface area contributed by atoms with Crippen molar-refractivity contribution in [2.75, 3.05) is 27.3 Å². The van der Waals surface area contributed by atoms with Gasteiger partial charge in [0.15, 0.2) is 17.5 Å². The molecule has 0 saturated heterocycles. The summed E-state index contributed by atoms with van der Waals surface area (Å²) in [6.07, 6.45) is 3.63. The molecule has 0 amide bonds. The van der Waals surface area contributed by atoms with Crippen molar-refractivity contribution in [1.82, 2.24) is 10.6 Å². The lowest BCUT2D eigenvalue weighted by molar-refractivity contribution is 0.354. The molecule has 0 heterocycles. The highest BCUT2D eigenvalue weighted by molar-refractivity contribution is 14.0. The number of halogens is 1. The first-order valence-corrected chi connectivity index (χ1v) is 7.98. The van der Waals surface area contributed by atoms with E-state index in [-0.39, 0.29) is 24.0 Å². The minimum atomic E-state index is 0. The maximum atomic E-state index is 5.32. The van der Waals surface area contributed by atoms with Gasteiger partial charge in [-0.05, 0) is 31.0 Å². The Hall–Kier alpha value is -1.18. The highest BCUT2D eigenvalue weighted by Gasteiger charge is 2.04. The van der Waals surface area contributed by atoms with Crippen molar-refractivity contribution in [2.45, 2.75) is 39.7 Å². The lowest BCUT2D eigenvalue weighted by Gasteiger charge is -2.12. The molecule has 0 aliphatic carbocycles. The number of guanidine groups is 1. The summed E-state index contributed by atoms with van der Waals surface area (Å²) in [4.78, 5) is 4.61. The van der Waals surface area contributed by atoms with Crippen LogP contribution in [0.2, 0.25) is 0 Å². The van der Waals surface area contributed by atoms with Crippen molar-refractivity contribution in [3.63, 3.8) is 0 Å². The van der Waals surface area contributed by atoms with Crippen molar-refractivity contribution in [3.8, 4) is 11.5 Å². The summed E-state index contributed by atoms with van der Waals surface area (Å²) in [5.74, 6) is 2.32. The summed E-state index contributed by atoms with van der Waals surface area (Å²) >= 11 is 0. The van der Waals surface area contributed by atoms with Crippen LogP contribution in [0.15, 0.2) is 23.2 Å². The number of aliphatic imine (C=N–C) groups is 1. The molecule has 132 valence electrons. The largest absolute Gasteiger partial charge is 0.493 e. The van der Waals surface area contributed by atoms with Gasteiger partial charge < -0.3 is 20.1 Å². The smallest absolute Gasteiger partial charge is 0.191 e. The fourth-order valence-electron chi connectivity index (χ4n) is 2.07. The fourth-order valence-corrected chi connectivity index (χ4v) is 2.07. The molecule has 5 nitrogen and oxygen atoms in total. The second kappa shape index (κ2) is 13.3. The monoisotopic (exact) mass is 435 g/mol. The first-order valence-electron chi connectivity index (χ1n) is 7.98. The molecule has 23 heavy (non-hydrogen) atoms. The zero-order valence-corrected chi connectivity index (χ0v) is 17.0. The van der Waals surface area contributed by atoms with E-state index in [0.717, 1.165) is 42.5 Å². The summed E-state index contributed by atoms with van der Waals surface area (Å²) in [7, 11) is 3.28. The number of nitrogens with one attached hydrogen (secondary N) is 2. The van der Waals surface area contributed by atoms with Gasteiger partial charge in [-0.1, -0.05) is 25.8 Å². The molecule has 2 N–H and O–H groups in total. The Balaban J connectivity index is 0.00000484. The molecule has 0 radical (unpaired) electrons. The van der Waals surface area contributed by atoms with Crippen LogP contribution in [0.3, 0.4) is 0 Å². The van der Waals surface area contributed by atoms with Crippen molar-refractivity contribution in [1.29, 1.82) is 0 Å². The van der Waals surface area contributed by atoms with Crippen LogP contribution in [0.4, 0.5) is 0 Å². The van der Waals surface area contributed by atoms with Gasteiger partial charge in [-0.3, -0.25) is 0 Å². The van der Waals surface area contributed by atoms with Crippen LogP contribution in [-0.4, -0.2) is 33.3 Å². The van der Waals surface area contributed by atoms with Gasteiger partial charge in [0, 0.05) is 13.1 Å². The summed E-state index contributed by atoms with van der Waals surface area (Å²) in [5.41, 5.74) is 1.09. The van der Waals surface area contributed by atoms with Crippen molar-refractivity contribution >= 4 is 29.9 Å². The average molecular weight is 435 g/mol. The maximum Gasteiger partial charge on any atom is 0.191 e. The van der Waals surface area contributed by atoms with E-state index in [1.165, 1.54) is 12.8 Å². The molecule has 0 bridgehead atoms. The Labute approximate surface area is 157 Å². The lowest BCUT2D eigenvalue weighted by Crippen LogP contribution is -2.37. The number of hydrogen-bond acceptors (Lipinski definition) is 3. The zero-order chi connectivity index (χ0) is 16.2. The topological polar surface area (TPSA) is 54.9 Å². The predicted molar refractivity (Wildman–Crippen MR) is 107 cm³/mol. The van der Waals surface area contributed by atoms with Crippen molar-refractivity contribution in [2.24, 2.45) is 4.99 Å². The third-order valence-corrected chi connectivity index (χ3v) is 3.28. The van der Waals surface area contributed by atoms with Gasteiger partial charge in [-0.15, -0.1) is 24.0 Å². The molecular weight excluding hydrogens is 405 g/mol. The summed E-state index contributed by atoms with van der Waals surface area (Å²) in [5, 5.41) is 6.62. The molecule has 1 rings (SSSR count). The van der Waals surface area contributed by atoms with E-state index in [9.17, 15) is 0 Å². The Bertz CT molecular complexity index is 467.